The van der Waals surface area contributed by atoms with Crippen LogP contribution < -0.4 is 14.8 Å². The normalized spacial score (nSPS) is 10.2. The van der Waals surface area contributed by atoms with E-state index in [0.717, 1.165) is 0 Å². The maximum atomic E-state index is 10.9. The Labute approximate surface area is 115 Å². The lowest BCUT2D eigenvalue weighted by atomic mass is 10.2. The molecule has 106 valence electrons. The first kappa shape index (κ1) is 13.7. The van der Waals surface area contributed by atoms with Crippen molar-refractivity contribution in [3.63, 3.8) is 0 Å². The molecule has 1 N–H and O–H groups in total. The van der Waals surface area contributed by atoms with E-state index in [0.29, 0.717) is 17.2 Å². The van der Waals surface area contributed by atoms with Gasteiger partial charge >= 0.3 is 5.82 Å². The Morgan fingerprint density at radius 1 is 1.35 bits per heavy atom. The predicted molar refractivity (Wildman–Crippen MR) is 72.7 cm³/mol. The third kappa shape index (κ3) is 2.48. The molecule has 1 heterocycles. The molecule has 8 nitrogen and oxygen atoms in total. The SMILES string of the molecule is COc1ccc(OC)c(Nc2c([N+](=O)[O-])ncn2C)c1. The zero-order valence-electron chi connectivity index (χ0n) is 11.3. The summed E-state index contributed by atoms with van der Waals surface area (Å²) in [6, 6.07) is 5.14. The van der Waals surface area contributed by atoms with Gasteiger partial charge in [0.25, 0.3) is 0 Å². The third-order valence-corrected chi connectivity index (χ3v) is 2.75. The highest BCUT2D eigenvalue weighted by molar-refractivity contribution is 5.70. The van der Waals surface area contributed by atoms with Crippen molar-refractivity contribution in [1.82, 2.24) is 9.55 Å². The second-order valence-corrected chi connectivity index (χ2v) is 3.98. The first-order valence-electron chi connectivity index (χ1n) is 5.71. The fraction of sp³-hybridized carbons (Fsp3) is 0.250. The molecule has 2 aromatic rings. The Kier molecular flexibility index (Phi) is 3.74. The van der Waals surface area contributed by atoms with Gasteiger partial charge in [-0.15, -0.1) is 0 Å². The molecular weight excluding hydrogens is 264 g/mol. The lowest BCUT2D eigenvalue weighted by molar-refractivity contribution is -0.388. The molecule has 0 bridgehead atoms. The monoisotopic (exact) mass is 278 g/mol. The van der Waals surface area contributed by atoms with Crippen molar-refractivity contribution >= 4 is 17.3 Å². The second kappa shape index (κ2) is 5.47. The molecule has 0 spiro atoms. The number of rotatable bonds is 5. The molecule has 8 heteroatoms. The van der Waals surface area contributed by atoms with Crippen LogP contribution in [0.15, 0.2) is 24.5 Å². The van der Waals surface area contributed by atoms with Gasteiger partial charge in [-0.25, -0.2) is 0 Å². The lowest BCUT2D eigenvalue weighted by Gasteiger charge is -2.12. The third-order valence-electron chi connectivity index (χ3n) is 2.75. The van der Waals surface area contributed by atoms with Crippen LogP contribution in [0.1, 0.15) is 0 Å². The number of nitrogens with one attached hydrogen (secondary N) is 1. The van der Waals surface area contributed by atoms with Crippen molar-refractivity contribution < 1.29 is 14.4 Å². The molecule has 0 unspecified atom stereocenters. The maximum absolute atomic E-state index is 10.9. The predicted octanol–water partition coefficient (Wildman–Crippen LogP) is 2.09. The topological polar surface area (TPSA) is 91.4 Å². The summed E-state index contributed by atoms with van der Waals surface area (Å²) in [6.07, 6.45) is 1.37. The van der Waals surface area contributed by atoms with Gasteiger partial charge in [-0.1, -0.05) is 0 Å². The van der Waals surface area contributed by atoms with Gasteiger partial charge in [0, 0.05) is 13.1 Å². The molecule has 1 aromatic heterocycles. The highest BCUT2D eigenvalue weighted by Crippen LogP contribution is 2.33. The summed E-state index contributed by atoms with van der Waals surface area (Å²) >= 11 is 0. The Bertz CT molecular complexity index is 638. The minimum atomic E-state index is -0.547. The van der Waals surface area contributed by atoms with E-state index in [-0.39, 0.29) is 11.6 Å². The van der Waals surface area contributed by atoms with E-state index in [4.69, 9.17) is 9.47 Å². The Morgan fingerprint density at radius 2 is 2.10 bits per heavy atom. The molecule has 1 aromatic carbocycles. The quantitative estimate of drug-likeness (QED) is 0.665. The van der Waals surface area contributed by atoms with Crippen molar-refractivity contribution in [3.8, 4) is 11.5 Å². The molecule has 0 atom stereocenters. The van der Waals surface area contributed by atoms with Gasteiger partial charge < -0.3 is 24.9 Å². The van der Waals surface area contributed by atoms with Gasteiger partial charge in [0.2, 0.25) is 12.1 Å². The first-order chi connectivity index (χ1) is 9.56. The fourth-order valence-corrected chi connectivity index (χ4v) is 1.73. The average molecular weight is 278 g/mol. The number of hydrogen-bond donors (Lipinski definition) is 1. The van der Waals surface area contributed by atoms with Crippen LogP contribution in [0.3, 0.4) is 0 Å². The number of benzene rings is 1. The van der Waals surface area contributed by atoms with Gasteiger partial charge in [0.05, 0.1) is 19.9 Å². The zero-order valence-corrected chi connectivity index (χ0v) is 11.3. The van der Waals surface area contributed by atoms with Crippen LogP contribution in [0.25, 0.3) is 0 Å². The van der Waals surface area contributed by atoms with Crippen molar-refractivity contribution in [3.05, 3.63) is 34.6 Å². The largest absolute Gasteiger partial charge is 0.497 e. The van der Waals surface area contributed by atoms with Crippen molar-refractivity contribution in [1.29, 1.82) is 0 Å². The molecule has 0 saturated carbocycles. The van der Waals surface area contributed by atoms with Gasteiger partial charge in [0.15, 0.2) is 0 Å². The number of aromatic nitrogens is 2. The van der Waals surface area contributed by atoms with Gasteiger partial charge in [-0.3, -0.25) is 4.57 Å². The van der Waals surface area contributed by atoms with Crippen LogP contribution in [0.2, 0.25) is 0 Å². The number of nitro groups is 1. The number of ether oxygens (including phenoxy) is 2. The summed E-state index contributed by atoms with van der Waals surface area (Å²) < 4.78 is 11.9. The number of imidazole rings is 1. The highest BCUT2D eigenvalue weighted by Gasteiger charge is 2.21. The maximum Gasteiger partial charge on any atom is 0.406 e. The fourth-order valence-electron chi connectivity index (χ4n) is 1.73. The number of methoxy groups -OCH3 is 2. The van der Waals surface area contributed by atoms with Gasteiger partial charge in [0.1, 0.15) is 11.5 Å². The summed E-state index contributed by atoms with van der Waals surface area (Å²) in [5.41, 5.74) is 0.554. The van der Waals surface area contributed by atoms with E-state index in [1.807, 2.05) is 0 Å². The van der Waals surface area contributed by atoms with E-state index >= 15 is 0 Å². The summed E-state index contributed by atoms with van der Waals surface area (Å²) in [7, 11) is 4.72. The van der Waals surface area contributed by atoms with E-state index in [9.17, 15) is 10.1 Å². The molecule has 20 heavy (non-hydrogen) atoms. The number of aryl methyl sites for hydroxylation is 1. The Balaban J connectivity index is 2.43. The summed E-state index contributed by atoms with van der Waals surface area (Å²) in [6.45, 7) is 0. The van der Waals surface area contributed by atoms with Gasteiger partial charge in [-0.2, -0.15) is 0 Å². The molecule has 2 rings (SSSR count). The number of nitrogens with zero attached hydrogens (tertiary/aromatic N) is 3. The van der Waals surface area contributed by atoms with Gasteiger partial charge in [-0.05, 0) is 22.0 Å². The summed E-state index contributed by atoms with van der Waals surface area (Å²) in [5.74, 6) is 1.17. The van der Waals surface area contributed by atoms with Crippen LogP contribution in [0.5, 0.6) is 11.5 Å². The molecule has 0 amide bonds. The summed E-state index contributed by atoms with van der Waals surface area (Å²) in [4.78, 5) is 14.1. The molecule has 0 aliphatic rings. The Morgan fingerprint density at radius 3 is 2.70 bits per heavy atom. The van der Waals surface area contributed by atoms with E-state index in [1.165, 1.54) is 25.1 Å². The molecule has 0 aliphatic heterocycles. The molecular formula is C12H14N4O4. The van der Waals surface area contributed by atoms with E-state index in [2.05, 4.69) is 10.3 Å². The van der Waals surface area contributed by atoms with E-state index < -0.39 is 4.92 Å². The zero-order chi connectivity index (χ0) is 14.7. The lowest BCUT2D eigenvalue weighted by Crippen LogP contribution is -2.02. The minimum Gasteiger partial charge on any atom is -0.497 e. The Hall–Kier alpha value is -2.77. The van der Waals surface area contributed by atoms with Crippen molar-refractivity contribution in [2.45, 2.75) is 0 Å². The standard InChI is InChI=1S/C12H14N4O4/c1-15-7-13-11(16(17)18)12(15)14-9-6-8(19-2)4-5-10(9)20-3/h4-7,14H,1-3H3. The molecule has 0 radical (unpaired) electrons. The van der Waals surface area contributed by atoms with Crippen LogP contribution in [0.4, 0.5) is 17.3 Å². The van der Waals surface area contributed by atoms with Crippen molar-refractivity contribution in [2.24, 2.45) is 7.05 Å². The number of anilines is 2. The molecule has 0 saturated heterocycles. The smallest absolute Gasteiger partial charge is 0.406 e. The van der Waals surface area contributed by atoms with Crippen molar-refractivity contribution in [2.75, 3.05) is 19.5 Å². The molecule has 0 fully saturated rings. The second-order valence-electron chi connectivity index (χ2n) is 3.98. The van der Waals surface area contributed by atoms with Crippen LogP contribution >= 0.6 is 0 Å². The van der Waals surface area contributed by atoms with Crippen LogP contribution in [-0.4, -0.2) is 28.7 Å². The average Bonchev–Trinajstić information content (AvgIpc) is 2.80. The first-order valence-corrected chi connectivity index (χ1v) is 5.71. The van der Waals surface area contributed by atoms with Crippen LogP contribution in [-0.2, 0) is 7.05 Å². The summed E-state index contributed by atoms with van der Waals surface area (Å²) in [5, 5.41) is 13.9. The van der Waals surface area contributed by atoms with Crippen LogP contribution in [0, 0.1) is 10.1 Å². The van der Waals surface area contributed by atoms with E-state index in [1.54, 1.807) is 25.2 Å². The highest BCUT2D eigenvalue weighted by atomic mass is 16.6. The molecule has 0 aliphatic carbocycles. The number of hydrogen-bond acceptors (Lipinski definition) is 6. The minimum absolute atomic E-state index is 0.252.